The third-order valence-electron chi connectivity index (χ3n) is 2.88. The summed E-state index contributed by atoms with van der Waals surface area (Å²) in [5.41, 5.74) is 1.87. The standard InChI is InChI=1S/C14H16ClNO3/c1-9-4-5-19-14(9)8-16-11-7-13(18-3)12(17-2)6-10(11)15/h4-7,16H,8H2,1-3H3. The molecule has 1 heterocycles. The number of ether oxygens (including phenoxy) is 2. The van der Waals surface area contributed by atoms with Crippen molar-refractivity contribution in [1.82, 2.24) is 0 Å². The topological polar surface area (TPSA) is 43.6 Å². The van der Waals surface area contributed by atoms with Gasteiger partial charge in [0.25, 0.3) is 0 Å². The summed E-state index contributed by atoms with van der Waals surface area (Å²) in [6.45, 7) is 2.56. The van der Waals surface area contributed by atoms with E-state index < -0.39 is 0 Å². The van der Waals surface area contributed by atoms with Crippen molar-refractivity contribution in [2.24, 2.45) is 0 Å². The molecule has 0 radical (unpaired) electrons. The smallest absolute Gasteiger partial charge is 0.162 e. The van der Waals surface area contributed by atoms with Crippen molar-refractivity contribution in [2.75, 3.05) is 19.5 Å². The predicted octanol–water partition coefficient (Wildman–Crippen LogP) is 3.87. The van der Waals surface area contributed by atoms with Crippen LogP contribution in [0.15, 0.2) is 28.9 Å². The molecule has 0 bridgehead atoms. The Kier molecular flexibility index (Phi) is 4.22. The molecular weight excluding hydrogens is 266 g/mol. The predicted molar refractivity (Wildman–Crippen MR) is 75.3 cm³/mol. The summed E-state index contributed by atoms with van der Waals surface area (Å²) in [5, 5.41) is 3.79. The van der Waals surface area contributed by atoms with E-state index in [1.54, 1.807) is 32.6 Å². The lowest BCUT2D eigenvalue weighted by atomic mass is 10.2. The molecule has 0 saturated carbocycles. The van der Waals surface area contributed by atoms with Gasteiger partial charge in [-0.15, -0.1) is 0 Å². The van der Waals surface area contributed by atoms with E-state index in [9.17, 15) is 0 Å². The first-order chi connectivity index (χ1) is 9.15. The van der Waals surface area contributed by atoms with Crippen molar-refractivity contribution in [3.05, 3.63) is 40.8 Å². The molecular formula is C14H16ClNO3. The zero-order chi connectivity index (χ0) is 13.8. The van der Waals surface area contributed by atoms with Gasteiger partial charge in [0, 0.05) is 12.1 Å². The van der Waals surface area contributed by atoms with Crippen LogP contribution in [0, 0.1) is 6.92 Å². The second-order valence-electron chi connectivity index (χ2n) is 4.07. The zero-order valence-corrected chi connectivity index (χ0v) is 11.9. The van der Waals surface area contributed by atoms with E-state index in [0.29, 0.717) is 23.1 Å². The first-order valence-electron chi connectivity index (χ1n) is 5.84. The van der Waals surface area contributed by atoms with Gasteiger partial charge in [0.1, 0.15) is 5.76 Å². The van der Waals surface area contributed by atoms with E-state index in [4.69, 9.17) is 25.5 Å². The minimum absolute atomic E-state index is 0.564. The molecule has 0 amide bonds. The first-order valence-corrected chi connectivity index (χ1v) is 6.22. The molecule has 4 nitrogen and oxygen atoms in total. The van der Waals surface area contributed by atoms with Gasteiger partial charge in [-0.3, -0.25) is 0 Å². The fourth-order valence-corrected chi connectivity index (χ4v) is 1.97. The van der Waals surface area contributed by atoms with Crippen LogP contribution in [0.5, 0.6) is 11.5 Å². The first kappa shape index (κ1) is 13.6. The van der Waals surface area contributed by atoms with Crippen molar-refractivity contribution >= 4 is 17.3 Å². The maximum absolute atomic E-state index is 6.19. The maximum Gasteiger partial charge on any atom is 0.162 e. The van der Waals surface area contributed by atoms with Gasteiger partial charge in [-0.05, 0) is 18.6 Å². The highest BCUT2D eigenvalue weighted by atomic mass is 35.5. The van der Waals surface area contributed by atoms with Crippen molar-refractivity contribution in [3.63, 3.8) is 0 Å². The molecule has 1 N–H and O–H groups in total. The molecule has 0 spiro atoms. The molecule has 2 rings (SSSR count). The SMILES string of the molecule is COc1cc(Cl)c(NCc2occc2C)cc1OC. The van der Waals surface area contributed by atoms with E-state index in [2.05, 4.69) is 5.32 Å². The number of hydrogen-bond acceptors (Lipinski definition) is 4. The summed E-state index contributed by atoms with van der Waals surface area (Å²) in [6, 6.07) is 5.45. The third-order valence-corrected chi connectivity index (χ3v) is 3.19. The fraction of sp³-hybridized carbons (Fsp3) is 0.286. The van der Waals surface area contributed by atoms with Crippen LogP contribution in [0.1, 0.15) is 11.3 Å². The average Bonchev–Trinajstić information content (AvgIpc) is 2.82. The molecule has 0 aliphatic carbocycles. The van der Waals surface area contributed by atoms with Gasteiger partial charge in [-0.1, -0.05) is 11.6 Å². The molecule has 0 aliphatic rings. The van der Waals surface area contributed by atoms with Crippen LogP contribution in [0.2, 0.25) is 5.02 Å². The van der Waals surface area contributed by atoms with Gasteiger partial charge < -0.3 is 19.2 Å². The normalized spacial score (nSPS) is 10.3. The molecule has 1 aromatic carbocycles. The van der Waals surface area contributed by atoms with Crippen molar-refractivity contribution < 1.29 is 13.9 Å². The quantitative estimate of drug-likeness (QED) is 0.903. The van der Waals surface area contributed by atoms with Gasteiger partial charge in [0.05, 0.1) is 37.7 Å². The zero-order valence-electron chi connectivity index (χ0n) is 11.1. The second-order valence-corrected chi connectivity index (χ2v) is 4.47. The summed E-state index contributed by atoms with van der Waals surface area (Å²) in [7, 11) is 3.17. The van der Waals surface area contributed by atoms with Crippen molar-refractivity contribution in [3.8, 4) is 11.5 Å². The molecule has 2 aromatic rings. The van der Waals surface area contributed by atoms with Crippen LogP contribution < -0.4 is 14.8 Å². The molecule has 0 unspecified atom stereocenters. The number of rotatable bonds is 5. The highest BCUT2D eigenvalue weighted by Crippen LogP contribution is 2.36. The largest absolute Gasteiger partial charge is 0.493 e. The molecule has 5 heteroatoms. The van der Waals surface area contributed by atoms with Gasteiger partial charge in [-0.25, -0.2) is 0 Å². The van der Waals surface area contributed by atoms with Gasteiger partial charge >= 0.3 is 0 Å². The highest BCUT2D eigenvalue weighted by Gasteiger charge is 2.10. The molecule has 1 aromatic heterocycles. The Labute approximate surface area is 117 Å². The van der Waals surface area contributed by atoms with Gasteiger partial charge in [0.2, 0.25) is 0 Å². The maximum atomic E-state index is 6.19. The Bertz CT molecular complexity index is 566. The molecule has 0 atom stereocenters. The van der Waals surface area contributed by atoms with Crippen molar-refractivity contribution in [2.45, 2.75) is 13.5 Å². The number of benzene rings is 1. The monoisotopic (exact) mass is 281 g/mol. The lowest BCUT2D eigenvalue weighted by Gasteiger charge is -2.13. The van der Waals surface area contributed by atoms with E-state index >= 15 is 0 Å². The van der Waals surface area contributed by atoms with Crippen LogP contribution in [0.3, 0.4) is 0 Å². The van der Waals surface area contributed by atoms with E-state index in [1.165, 1.54) is 0 Å². The van der Waals surface area contributed by atoms with Gasteiger partial charge in [-0.2, -0.15) is 0 Å². The van der Waals surface area contributed by atoms with Crippen molar-refractivity contribution in [1.29, 1.82) is 0 Å². The Morgan fingerprint density at radius 1 is 1.21 bits per heavy atom. The van der Waals surface area contributed by atoms with E-state index in [1.807, 2.05) is 13.0 Å². The average molecular weight is 282 g/mol. The minimum Gasteiger partial charge on any atom is -0.493 e. The minimum atomic E-state index is 0.564. The Morgan fingerprint density at radius 2 is 1.89 bits per heavy atom. The summed E-state index contributed by atoms with van der Waals surface area (Å²) in [5.74, 6) is 2.11. The Morgan fingerprint density at radius 3 is 2.47 bits per heavy atom. The fourth-order valence-electron chi connectivity index (χ4n) is 1.75. The third kappa shape index (κ3) is 2.96. The summed E-state index contributed by atoms with van der Waals surface area (Å²) < 4.78 is 15.8. The van der Waals surface area contributed by atoms with Crippen LogP contribution in [-0.4, -0.2) is 14.2 Å². The summed E-state index contributed by atoms with van der Waals surface area (Å²) in [6.07, 6.45) is 1.67. The Hall–Kier alpha value is -1.81. The molecule has 0 fully saturated rings. The van der Waals surface area contributed by atoms with Crippen LogP contribution >= 0.6 is 11.6 Å². The number of aryl methyl sites for hydroxylation is 1. The van der Waals surface area contributed by atoms with E-state index in [0.717, 1.165) is 17.0 Å². The van der Waals surface area contributed by atoms with E-state index in [-0.39, 0.29) is 0 Å². The second kappa shape index (κ2) is 5.89. The number of methoxy groups -OCH3 is 2. The Balaban J connectivity index is 2.18. The van der Waals surface area contributed by atoms with Gasteiger partial charge in [0.15, 0.2) is 11.5 Å². The number of nitrogens with one attached hydrogen (secondary N) is 1. The van der Waals surface area contributed by atoms with Crippen LogP contribution in [-0.2, 0) is 6.54 Å². The summed E-state index contributed by atoms with van der Waals surface area (Å²) >= 11 is 6.19. The lowest BCUT2D eigenvalue weighted by Crippen LogP contribution is -2.01. The molecule has 0 saturated heterocycles. The van der Waals surface area contributed by atoms with Crippen LogP contribution in [0.4, 0.5) is 5.69 Å². The number of anilines is 1. The number of halogens is 1. The molecule has 0 aliphatic heterocycles. The molecule has 102 valence electrons. The lowest BCUT2D eigenvalue weighted by molar-refractivity contribution is 0.355. The van der Waals surface area contributed by atoms with Crippen LogP contribution in [0.25, 0.3) is 0 Å². The summed E-state index contributed by atoms with van der Waals surface area (Å²) in [4.78, 5) is 0. The number of hydrogen-bond donors (Lipinski definition) is 1. The number of furan rings is 1. The molecule has 19 heavy (non-hydrogen) atoms. The highest BCUT2D eigenvalue weighted by molar-refractivity contribution is 6.33.